The van der Waals surface area contributed by atoms with Crippen LogP contribution in [0.1, 0.15) is 49.0 Å². The van der Waals surface area contributed by atoms with Crippen molar-refractivity contribution in [1.29, 1.82) is 0 Å². The number of Topliss-reactive ketones (excluding diaryl/α,β-unsaturated/α-hetero) is 1. The van der Waals surface area contributed by atoms with Crippen molar-refractivity contribution in [3.8, 4) is 0 Å². The quantitative estimate of drug-likeness (QED) is 0.750. The summed E-state index contributed by atoms with van der Waals surface area (Å²) in [5.74, 6) is -0.0235. The minimum Gasteiger partial charge on any atom is -0.462 e. The Labute approximate surface area is 99.8 Å². The van der Waals surface area contributed by atoms with Gasteiger partial charge in [-0.15, -0.1) is 0 Å². The third-order valence-electron chi connectivity index (χ3n) is 3.00. The zero-order valence-electron chi connectivity index (χ0n) is 9.89. The van der Waals surface area contributed by atoms with Crippen LogP contribution in [0, 0.1) is 0 Å². The molecule has 1 fully saturated rings. The minimum absolute atomic E-state index is 0.232. The van der Waals surface area contributed by atoms with E-state index in [2.05, 4.69) is 5.10 Å². The fraction of sp³-hybridized carbons (Fsp3) is 0.583. The van der Waals surface area contributed by atoms with E-state index in [0.717, 1.165) is 12.8 Å². The van der Waals surface area contributed by atoms with E-state index in [9.17, 15) is 9.59 Å². The number of ether oxygens (including phenoxy) is 1. The zero-order valence-corrected chi connectivity index (χ0v) is 9.89. The van der Waals surface area contributed by atoms with Gasteiger partial charge in [0.2, 0.25) is 0 Å². The number of rotatable bonds is 3. The van der Waals surface area contributed by atoms with Gasteiger partial charge in [-0.05, 0) is 19.8 Å². The lowest BCUT2D eigenvalue weighted by Crippen LogP contribution is -2.18. The Bertz CT molecular complexity index is 415. The van der Waals surface area contributed by atoms with E-state index in [0.29, 0.717) is 30.8 Å². The van der Waals surface area contributed by atoms with Crippen molar-refractivity contribution in [1.82, 2.24) is 9.78 Å². The molecule has 1 aromatic heterocycles. The first-order valence-electron chi connectivity index (χ1n) is 5.93. The van der Waals surface area contributed by atoms with Gasteiger partial charge in [-0.3, -0.25) is 9.48 Å². The highest BCUT2D eigenvalue weighted by molar-refractivity contribution is 5.88. The van der Waals surface area contributed by atoms with Gasteiger partial charge in [0.25, 0.3) is 0 Å². The number of hydrogen-bond donors (Lipinski definition) is 0. The Kier molecular flexibility index (Phi) is 3.56. The maximum absolute atomic E-state index is 11.5. The maximum atomic E-state index is 11.5. The van der Waals surface area contributed by atoms with Gasteiger partial charge in [-0.1, -0.05) is 0 Å². The SMILES string of the molecule is CCOC(=O)c1cnn(C2CCC(=O)CC2)c1. The zero-order chi connectivity index (χ0) is 12.3. The average Bonchev–Trinajstić information content (AvgIpc) is 2.80. The van der Waals surface area contributed by atoms with E-state index >= 15 is 0 Å². The van der Waals surface area contributed by atoms with Crippen LogP contribution in [-0.4, -0.2) is 28.1 Å². The van der Waals surface area contributed by atoms with E-state index in [-0.39, 0.29) is 12.0 Å². The highest BCUT2D eigenvalue weighted by Crippen LogP contribution is 2.25. The molecular formula is C12H16N2O3. The summed E-state index contributed by atoms with van der Waals surface area (Å²) in [6.07, 6.45) is 6.07. The summed E-state index contributed by atoms with van der Waals surface area (Å²) in [7, 11) is 0. The van der Waals surface area contributed by atoms with Gasteiger partial charge < -0.3 is 4.74 Å². The van der Waals surface area contributed by atoms with Gasteiger partial charge in [0.05, 0.1) is 24.4 Å². The van der Waals surface area contributed by atoms with Crippen LogP contribution in [0.25, 0.3) is 0 Å². The molecule has 17 heavy (non-hydrogen) atoms. The molecule has 1 heterocycles. The lowest BCUT2D eigenvalue weighted by Gasteiger charge is -2.20. The molecule has 0 N–H and O–H groups in total. The van der Waals surface area contributed by atoms with Crippen molar-refractivity contribution >= 4 is 11.8 Å². The van der Waals surface area contributed by atoms with Gasteiger partial charge in [0.15, 0.2) is 0 Å². The predicted octanol–water partition coefficient (Wildman–Crippen LogP) is 1.74. The number of carbonyl (C=O) groups is 2. The first-order chi connectivity index (χ1) is 8.20. The molecule has 5 heteroatoms. The second-order valence-electron chi connectivity index (χ2n) is 4.20. The third-order valence-corrected chi connectivity index (χ3v) is 3.00. The minimum atomic E-state index is -0.342. The molecule has 1 saturated carbocycles. The number of nitrogens with zero attached hydrogens (tertiary/aromatic N) is 2. The largest absolute Gasteiger partial charge is 0.462 e. The van der Waals surface area contributed by atoms with Gasteiger partial charge in [-0.25, -0.2) is 4.79 Å². The van der Waals surface area contributed by atoms with Crippen LogP contribution >= 0.6 is 0 Å². The molecule has 0 atom stereocenters. The Morgan fingerprint density at radius 1 is 1.53 bits per heavy atom. The second-order valence-corrected chi connectivity index (χ2v) is 4.20. The lowest BCUT2D eigenvalue weighted by molar-refractivity contribution is -0.120. The Balaban J connectivity index is 2.03. The Morgan fingerprint density at radius 2 is 2.24 bits per heavy atom. The van der Waals surface area contributed by atoms with Crippen LogP contribution in [0.15, 0.2) is 12.4 Å². The van der Waals surface area contributed by atoms with Crippen LogP contribution in [0.2, 0.25) is 0 Å². The van der Waals surface area contributed by atoms with E-state index in [4.69, 9.17) is 4.74 Å². The summed E-state index contributed by atoms with van der Waals surface area (Å²) in [6.45, 7) is 2.14. The fourth-order valence-electron chi connectivity index (χ4n) is 2.05. The topological polar surface area (TPSA) is 61.2 Å². The number of aromatic nitrogens is 2. The van der Waals surface area contributed by atoms with Crippen molar-refractivity contribution < 1.29 is 14.3 Å². The van der Waals surface area contributed by atoms with Crippen LogP contribution in [0.3, 0.4) is 0 Å². The molecule has 0 bridgehead atoms. The molecule has 1 aromatic rings. The molecule has 1 aliphatic rings. The highest BCUT2D eigenvalue weighted by atomic mass is 16.5. The summed E-state index contributed by atoms with van der Waals surface area (Å²) >= 11 is 0. The molecule has 2 rings (SSSR count). The summed E-state index contributed by atoms with van der Waals surface area (Å²) < 4.78 is 6.68. The Morgan fingerprint density at radius 3 is 2.88 bits per heavy atom. The number of esters is 1. The first-order valence-corrected chi connectivity index (χ1v) is 5.93. The van der Waals surface area contributed by atoms with Crippen molar-refractivity contribution in [2.75, 3.05) is 6.61 Å². The fourth-order valence-corrected chi connectivity index (χ4v) is 2.05. The van der Waals surface area contributed by atoms with Gasteiger partial charge in [0, 0.05) is 19.0 Å². The number of ketones is 1. The van der Waals surface area contributed by atoms with Crippen LogP contribution in [-0.2, 0) is 9.53 Å². The monoisotopic (exact) mass is 236 g/mol. The molecule has 0 amide bonds. The van der Waals surface area contributed by atoms with Gasteiger partial charge in [-0.2, -0.15) is 5.10 Å². The van der Waals surface area contributed by atoms with Crippen LogP contribution in [0.4, 0.5) is 0 Å². The summed E-state index contributed by atoms with van der Waals surface area (Å²) in [6, 6.07) is 0.232. The molecule has 0 saturated heterocycles. The number of carbonyl (C=O) groups excluding carboxylic acids is 2. The molecule has 1 aliphatic carbocycles. The standard InChI is InChI=1S/C12H16N2O3/c1-2-17-12(16)9-7-13-14(8-9)10-3-5-11(15)6-4-10/h7-8,10H,2-6H2,1H3. The first kappa shape index (κ1) is 11.8. The molecule has 0 radical (unpaired) electrons. The molecule has 5 nitrogen and oxygen atoms in total. The Hall–Kier alpha value is -1.65. The molecule has 0 aromatic carbocycles. The van der Waals surface area contributed by atoms with Crippen LogP contribution in [0.5, 0.6) is 0 Å². The summed E-state index contributed by atoms with van der Waals surface area (Å²) in [5.41, 5.74) is 0.476. The van der Waals surface area contributed by atoms with Gasteiger partial charge >= 0.3 is 5.97 Å². The third kappa shape index (κ3) is 2.72. The molecule has 0 aliphatic heterocycles. The normalized spacial score (nSPS) is 17.1. The van der Waals surface area contributed by atoms with E-state index in [1.54, 1.807) is 17.8 Å². The van der Waals surface area contributed by atoms with E-state index < -0.39 is 0 Å². The average molecular weight is 236 g/mol. The van der Waals surface area contributed by atoms with Crippen molar-refractivity contribution in [3.63, 3.8) is 0 Å². The van der Waals surface area contributed by atoms with Gasteiger partial charge in [0.1, 0.15) is 5.78 Å². The maximum Gasteiger partial charge on any atom is 0.341 e. The molecule has 0 unspecified atom stereocenters. The highest BCUT2D eigenvalue weighted by Gasteiger charge is 2.21. The molecule has 0 spiro atoms. The lowest BCUT2D eigenvalue weighted by atomic mass is 9.94. The molecular weight excluding hydrogens is 220 g/mol. The smallest absolute Gasteiger partial charge is 0.341 e. The van der Waals surface area contributed by atoms with E-state index in [1.165, 1.54) is 6.20 Å². The predicted molar refractivity (Wildman–Crippen MR) is 60.7 cm³/mol. The van der Waals surface area contributed by atoms with E-state index in [1.807, 2.05) is 0 Å². The van der Waals surface area contributed by atoms with Crippen molar-refractivity contribution in [2.24, 2.45) is 0 Å². The summed E-state index contributed by atoms with van der Waals surface area (Å²) in [5, 5.41) is 4.17. The number of hydrogen-bond acceptors (Lipinski definition) is 4. The van der Waals surface area contributed by atoms with Crippen molar-refractivity contribution in [2.45, 2.75) is 38.6 Å². The summed E-state index contributed by atoms with van der Waals surface area (Å²) in [4.78, 5) is 22.6. The molecule has 92 valence electrons. The van der Waals surface area contributed by atoms with Crippen LogP contribution < -0.4 is 0 Å². The second kappa shape index (κ2) is 5.12. The van der Waals surface area contributed by atoms with Crippen molar-refractivity contribution in [3.05, 3.63) is 18.0 Å².